The molecule has 0 amide bonds. The summed E-state index contributed by atoms with van der Waals surface area (Å²) in [6.07, 6.45) is 0.684. The Labute approximate surface area is 47.4 Å². The molecule has 0 aliphatic carbocycles. The molecule has 0 aromatic heterocycles. The fraction of sp³-hybridized carbons (Fsp3) is 1.00. The van der Waals surface area contributed by atoms with Crippen molar-refractivity contribution < 1.29 is 0 Å². The predicted molar refractivity (Wildman–Crippen MR) is 29.2 cm³/mol. The lowest BCUT2D eigenvalue weighted by Gasteiger charge is -1.91. The fourth-order valence-corrected chi connectivity index (χ4v) is 0.378. The number of hydrogen-bond acceptors (Lipinski definition) is 1. The van der Waals surface area contributed by atoms with Gasteiger partial charge in [0.15, 0.2) is 0 Å². The van der Waals surface area contributed by atoms with E-state index in [0.717, 1.165) is 0 Å². The maximum Gasteiger partial charge on any atom is 0.109 e. The van der Waals surface area contributed by atoms with Crippen LogP contribution in [0.1, 0.15) is 6.42 Å². The van der Waals surface area contributed by atoms with Gasteiger partial charge in [-0.25, -0.2) is 0 Å². The summed E-state index contributed by atoms with van der Waals surface area (Å²) in [6.45, 7) is 0.567. The summed E-state index contributed by atoms with van der Waals surface area (Å²) >= 11 is 10.5. The van der Waals surface area contributed by atoms with Gasteiger partial charge in [-0.2, -0.15) is 0 Å². The van der Waals surface area contributed by atoms with Gasteiger partial charge in [0.05, 0.1) is 0 Å². The Balaban J connectivity index is 2.63. The van der Waals surface area contributed by atoms with Crippen LogP contribution in [0.2, 0.25) is 0 Å². The van der Waals surface area contributed by atoms with E-state index >= 15 is 0 Å². The van der Waals surface area contributed by atoms with Crippen molar-refractivity contribution in [1.29, 1.82) is 0 Å². The zero-order valence-electron chi connectivity index (χ0n) is 3.32. The highest BCUT2D eigenvalue weighted by Gasteiger charge is 1.91. The van der Waals surface area contributed by atoms with Crippen LogP contribution in [0.25, 0.3) is 0 Å². The summed E-state index contributed by atoms with van der Waals surface area (Å²) in [6, 6.07) is 0. The molecular weight excluding hydrogens is 121 g/mol. The topological polar surface area (TPSA) is 26.0 Å². The third-order valence-electron chi connectivity index (χ3n) is 0.385. The quantitative estimate of drug-likeness (QED) is 0.554. The van der Waals surface area contributed by atoms with E-state index in [4.69, 9.17) is 28.9 Å². The van der Waals surface area contributed by atoms with Crippen LogP contribution in [-0.4, -0.2) is 11.4 Å². The Morgan fingerprint density at radius 2 is 2.00 bits per heavy atom. The van der Waals surface area contributed by atoms with Crippen LogP contribution in [0, 0.1) is 0 Å². The van der Waals surface area contributed by atoms with Crippen molar-refractivity contribution in [2.45, 2.75) is 11.3 Å². The molecular formula is C3H7Cl2N. The van der Waals surface area contributed by atoms with Crippen molar-refractivity contribution >= 4 is 23.2 Å². The standard InChI is InChI=1S/C3H7Cl2N/c4-3(5)1-2-6/h3H,1-2,6H2. The van der Waals surface area contributed by atoms with E-state index in [0.29, 0.717) is 13.0 Å². The van der Waals surface area contributed by atoms with Crippen molar-refractivity contribution in [3.8, 4) is 0 Å². The highest BCUT2D eigenvalue weighted by atomic mass is 35.5. The van der Waals surface area contributed by atoms with Gasteiger partial charge in [0.2, 0.25) is 0 Å². The van der Waals surface area contributed by atoms with Gasteiger partial charge < -0.3 is 5.73 Å². The first-order valence-electron chi connectivity index (χ1n) is 1.75. The van der Waals surface area contributed by atoms with Gasteiger partial charge in [-0.15, -0.1) is 23.2 Å². The Morgan fingerprint density at radius 3 is 2.00 bits per heavy atom. The largest absolute Gasteiger partial charge is 0.330 e. The summed E-state index contributed by atoms with van der Waals surface area (Å²) in [5.41, 5.74) is 5.06. The van der Waals surface area contributed by atoms with E-state index in [1.807, 2.05) is 0 Å². The minimum atomic E-state index is -0.282. The molecule has 0 aromatic carbocycles. The van der Waals surface area contributed by atoms with Crippen LogP contribution >= 0.6 is 23.2 Å². The Bertz CT molecular complexity index is 30.0. The third-order valence-corrected chi connectivity index (χ3v) is 0.821. The first kappa shape index (κ1) is 6.54. The molecule has 1 nitrogen and oxygen atoms in total. The Hall–Kier alpha value is 0.540. The molecule has 0 unspecified atom stereocenters. The lowest BCUT2D eigenvalue weighted by Crippen LogP contribution is -2.02. The molecule has 0 rings (SSSR count). The summed E-state index contributed by atoms with van der Waals surface area (Å²) < 4.78 is 0. The average Bonchev–Trinajstić information content (AvgIpc) is 1.35. The van der Waals surface area contributed by atoms with Crippen molar-refractivity contribution in [2.75, 3.05) is 6.54 Å². The molecule has 0 aliphatic rings. The molecule has 2 N–H and O–H groups in total. The molecule has 0 fully saturated rings. The Kier molecular flexibility index (Phi) is 4.06. The zero-order valence-corrected chi connectivity index (χ0v) is 4.84. The van der Waals surface area contributed by atoms with Crippen LogP contribution in [0.5, 0.6) is 0 Å². The van der Waals surface area contributed by atoms with Crippen LogP contribution < -0.4 is 5.73 Å². The van der Waals surface area contributed by atoms with Crippen LogP contribution in [0.15, 0.2) is 0 Å². The van der Waals surface area contributed by atoms with Gasteiger partial charge in [-0.05, 0) is 13.0 Å². The maximum absolute atomic E-state index is 5.26. The molecule has 6 heavy (non-hydrogen) atoms. The van der Waals surface area contributed by atoms with E-state index in [1.54, 1.807) is 0 Å². The second kappa shape index (κ2) is 3.72. The van der Waals surface area contributed by atoms with E-state index in [1.165, 1.54) is 0 Å². The van der Waals surface area contributed by atoms with Crippen LogP contribution in [-0.2, 0) is 0 Å². The molecule has 0 saturated carbocycles. The van der Waals surface area contributed by atoms with E-state index in [2.05, 4.69) is 0 Å². The molecule has 0 spiro atoms. The molecule has 0 atom stereocenters. The molecule has 0 heterocycles. The molecule has 3 heteroatoms. The van der Waals surface area contributed by atoms with Crippen molar-refractivity contribution in [3.63, 3.8) is 0 Å². The number of halogens is 2. The number of nitrogens with two attached hydrogens (primary N) is 1. The van der Waals surface area contributed by atoms with Gasteiger partial charge in [-0.1, -0.05) is 0 Å². The predicted octanol–water partition coefficient (Wildman–Crippen LogP) is 1.14. The smallest absolute Gasteiger partial charge is 0.109 e. The Morgan fingerprint density at radius 1 is 1.50 bits per heavy atom. The third kappa shape index (κ3) is 4.54. The maximum atomic E-state index is 5.26. The summed E-state index contributed by atoms with van der Waals surface area (Å²) in [7, 11) is 0. The number of rotatable bonds is 2. The van der Waals surface area contributed by atoms with Crippen molar-refractivity contribution in [1.82, 2.24) is 0 Å². The van der Waals surface area contributed by atoms with E-state index in [-0.39, 0.29) is 4.84 Å². The first-order chi connectivity index (χ1) is 2.77. The van der Waals surface area contributed by atoms with Gasteiger partial charge in [0, 0.05) is 0 Å². The zero-order chi connectivity index (χ0) is 4.99. The van der Waals surface area contributed by atoms with Crippen LogP contribution in [0.4, 0.5) is 0 Å². The van der Waals surface area contributed by atoms with Crippen molar-refractivity contribution in [2.24, 2.45) is 5.73 Å². The molecule has 38 valence electrons. The minimum Gasteiger partial charge on any atom is -0.330 e. The number of hydrogen-bond donors (Lipinski definition) is 1. The molecule has 0 aromatic rings. The molecule has 0 bridgehead atoms. The summed E-state index contributed by atoms with van der Waals surface area (Å²) in [5.74, 6) is 0. The normalized spacial score (nSPS) is 10.0. The molecule has 0 radical (unpaired) electrons. The van der Waals surface area contributed by atoms with E-state index < -0.39 is 0 Å². The second-order valence-corrected chi connectivity index (χ2v) is 2.25. The highest BCUT2D eigenvalue weighted by molar-refractivity contribution is 6.44. The summed E-state index contributed by atoms with van der Waals surface area (Å²) in [4.78, 5) is -0.282. The monoisotopic (exact) mass is 127 g/mol. The number of alkyl halides is 2. The average molecular weight is 128 g/mol. The van der Waals surface area contributed by atoms with Crippen molar-refractivity contribution in [3.05, 3.63) is 0 Å². The van der Waals surface area contributed by atoms with Gasteiger partial charge in [0.1, 0.15) is 4.84 Å². The lowest BCUT2D eigenvalue weighted by atomic mass is 10.5. The van der Waals surface area contributed by atoms with Gasteiger partial charge >= 0.3 is 0 Å². The lowest BCUT2D eigenvalue weighted by molar-refractivity contribution is 0.904. The fourth-order valence-electron chi connectivity index (χ4n) is 0.126. The molecule has 0 aliphatic heterocycles. The summed E-state index contributed by atoms with van der Waals surface area (Å²) in [5, 5.41) is 0. The first-order valence-corrected chi connectivity index (χ1v) is 2.63. The second-order valence-electron chi connectivity index (χ2n) is 0.968. The highest BCUT2D eigenvalue weighted by Crippen LogP contribution is 2.03. The van der Waals surface area contributed by atoms with E-state index in [9.17, 15) is 0 Å². The SMILES string of the molecule is NCCC(Cl)Cl. The molecule has 0 saturated heterocycles. The van der Waals surface area contributed by atoms with Crippen LogP contribution in [0.3, 0.4) is 0 Å². The van der Waals surface area contributed by atoms with Gasteiger partial charge in [0.25, 0.3) is 0 Å². The minimum absolute atomic E-state index is 0.282. The van der Waals surface area contributed by atoms with Gasteiger partial charge in [-0.3, -0.25) is 0 Å².